The van der Waals surface area contributed by atoms with E-state index >= 15 is 0 Å². The van der Waals surface area contributed by atoms with Crippen molar-refractivity contribution in [3.05, 3.63) is 34.1 Å². The molecule has 0 radical (unpaired) electrons. The molecule has 1 fully saturated rings. The van der Waals surface area contributed by atoms with Crippen molar-refractivity contribution < 1.29 is 4.39 Å². The molecule has 1 N–H and O–H groups in total. The predicted octanol–water partition coefficient (Wildman–Crippen LogP) is 4.69. The number of benzene rings is 1. The zero-order chi connectivity index (χ0) is 13.7. The molecule has 0 heterocycles. The first kappa shape index (κ1) is 15.0. The molecule has 3 heteroatoms. The number of rotatable bonds is 4. The monoisotopic (exact) mass is 327 g/mol. The van der Waals surface area contributed by atoms with Crippen LogP contribution in [0.5, 0.6) is 0 Å². The zero-order valence-electron chi connectivity index (χ0n) is 11.6. The molecule has 0 spiro atoms. The van der Waals surface area contributed by atoms with Gasteiger partial charge in [0, 0.05) is 6.04 Å². The van der Waals surface area contributed by atoms with E-state index in [1.807, 2.05) is 12.1 Å². The Hall–Kier alpha value is -0.410. The summed E-state index contributed by atoms with van der Waals surface area (Å²) in [4.78, 5) is 0. The third-order valence-electron chi connectivity index (χ3n) is 4.07. The molecule has 1 nitrogen and oxygen atoms in total. The Morgan fingerprint density at radius 1 is 1.32 bits per heavy atom. The van der Waals surface area contributed by atoms with Crippen molar-refractivity contribution in [3.63, 3.8) is 0 Å². The minimum atomic E-state index is -0.144. The molecule has 1 aromatic carbocycles. The molecule has 0 aromatic heterocycles. The third-order valence-corrected chi connectivity index (χ3v) is 4.95. The van der Waals surface area contributed by atoms with Crippen LogP contribution in [-0.4, -0.2) is 12.6 Å². The molecule has 2 atom stereocenters. The van der Waals surface area contributed by atoms with E-state index in [1.165, 1.54) is 38.2 Å². The molecule has 19 heavy (non-hydrogen) atoms. The number of hydrogen-bond acceptors (Lipinski definition) is 1. The summed E-state index contributed by atoms with van der Waals surface area (Å²) < 4.78 is 14.2. The summed E-state index contributed by atoms with van der Waals surface area (Å²) in [6.45, 7) is 3.21. The lowest BCUT2D eigenvalue weighted by atomic mass is 9.91. The average molecular weight is 328 g/mol. The molecule has 0 bridgehead atoms. The van der Waals surface area contributed by atoms with Crippen LogP contribution in [-0.2, 0) is 6.42 Å². The molecule has 1 saturated carbocycles. The molecule has 2 unspecified atom stereocenters. The molecule has 1 aliphatic rings. The largest absolute Gasteiger partial charge is 0.314 e. The average Bonchev–Trinajstić information content (AvgIpc) is 2.61. The fourth-order valence-corrected chi connectivity index (χ4v) is 3.56. The lowest BCUT2D eigenvalue weighted by molar-refractivity contribution is 0.388. The van der Waals surface area contributed by atoms with E-state index in [0.29, 0.717) is 16.4 Å². The van der Waals surface area contributed by atoms with Gasteiger partial charge in [0.2, 0.25) is 0 Å². The standard InChI is InChI=1S/C16H23BrFN/c1-2-19-14-8-4-3-6-12(11-14)10-13-7-5-9-15(18)16(13)17/h5,7,9,12,14,19H,2-4,6,8,10-11H2,1H3. The summed E-state index contributed by atoms with van der Waals surface area (Å²) >= 11 is 3.38. The van der Waals surface area contributed by atoms with Crippen LogP contribution in [0.2, 0.25) is 0 Å². The number of hydrogen-bond donors (Lipinski definition) is 1. The summed E-state index contributed by atoms with van der Waals surface area (Å²) in [6, 6.07) is 6.01. The van der Waals surface area contributed by atoms with Crippen LogP contribution in [0.1, 0.15) is 44.6 Å². The van der Waals surface area contributed by atoms with Crippen molar-refractivity contribution in [3.8, 4) is 0 Å². The highest BCUT2D eigenvalue weighted by Crippen LogP contribution is 2.30. The summed E-state index contributed by atoms with van der Waals surface area (Å²) in [5.74, 6) is 0.527. The predicted molar refractivity (Wildman–Crippen MR) is 81.8 cm³/mol. The number of halogens is 2. The van der Waals surface area contributed by atoms with Gasteiger partial charge in [-0.1, -0.05) is 38.3 Å². The van der Waals surface area contributed by atoms with Gasteiger partial charge in [0.25, 0.3) is 0 Å². The van der Waals surface area contributed by atoms with Gasteiger partial charge in [-0.25, -0.2) is 4.39 Å². The van der Waals surface area contributed by atoms with Gasteiger partial charge in [0.1, 0.15) is 5.82 Å². The van der Waals surface area contributed by atoms with Crippen molar-refractivity contribution in [1.29, 1.82) is 0 Å². The summed E-state index contributed by atoms with van der Waals surface area (Å²) in [5.41, 5.74) is 1.11. The van der Waals surface area contributed by atoms with E-state index in [2.05, 4.69) is 28.2 Å². The lowest BCUT2D eigenvalue weighted by Gasteiger charge is -2.21. The summed E-state index contributed by atoms with van der Waals surface area (Å²) in [5, 5.41) is 3.58. The van der Waals surface area contributed by atoms with Crippen LogP contribution in [0.3, 0.4) is 0 Å². The van der Waals surface area contributed by atoms with Crippen LogP contribution in [0.15, 0.2) is 22.7 Å². The molecule has 106 valence electrons. The number of nitrogens with one attached hydrogen (secondary N) is 1. The maximum atomic E-state index is 13.6. The van der Waals surface area contributed by atoms with E-state index < -0.39 is 0 Å². The highest BCUT2D eigenvalue weighted by Gasteiger charge is 2.20. The fourth-order valence-electron chi connectivity index (χ4n) is 3.14. The van der Waals surface area contributed by atoms with Crippen LogP contribution in [0.25, 0.3) is 0 Å². The summed E-state index contributed by atoms with van der Waals surface area (Å²) in [6.07, 6.45) is 7.38. The SMILES string of the molecule is CCNC1CCCCC(Cc2cccc(F)c2Br)C1. The first-order chi connectivity index (χ1) is 9.20. The van der Waals surface area contributed by atoms with E-state index in [4.69, 9.17) is 0 Å². The van der Waals surface area contributed by atoms with Gasteiger partial charge in [-0.15, -0.1) is 0 Å². The highest BCUT2D eigenvalue weighted by atomic mass is 79.9. The van der Waals surface area contributed by atoms with Crippen molar-refractivity contribution in [2.45, 2.75) is 51.5 Å². The second kappa shape index (κ2) is 7.39. The van der Waals surface area contributed by atoms with E-state index in [-0.39, 0.29) is 5.82 Å². The maximum absolute atomic E-state index is 13.6. The first-order valence-corrected chi connectivity index (χ1v) is 8.16. The molecular weight excluding hydrogens is 305 g/mol. The first-order valence-electron chi connectivity index (χ1n) is 7.37. The third kappa shape index (κ3) is 4.28. The Morgan fingerprint density at radius 3 is 2.89 bits per heavy atom. The molecule has 0 saturated heterocycles. The zero-order valence-corrected chi connectivity index (χ0v) is 13.2. The second-order valence-corrected chi connectivity index (χ2v) is 6.35. The van der Waals surface area contributed by atoms with Crippen molar-refractivity contribution in [2.75, 3.05) is 6.54 Å². The minimum absolute atomic E-state index is 0.144. The molecule has 1 aromatic rings. The highest BCUT2D eigenvalue weighted by molar-refractivity contribution is 9.10. The summed E-state index contributed by atoms with van der Waals surface area (Å²) in [7, 11) is 0. The van der Waals surface area contributed by atoms with Gasteiger partial charge >= 0.3 is 0 Å². The molecule has 0 aliphatic heterocycles. The Bertz CT molecular complexity index is 408. The minimum Gasteiger partial charge on any atom is -0.314 e. The quantitative estimate of drug-likeness (QED) is 0.791. The molecule has 0 amide bonds. The Balaban J connectivity index is 2.02. The van der Waals surface area contributed by atoms with Crippen LogP contribution in [0.4, 0.5) is 4.39 Å². The van der Waals surface area contributed by atoms with Gasteiger partial charge in [0.15, 0.2) is 0 Å². The Kier molecular flexibility index (Phi) is 5.83. The van der Waals surface area contributed by atoms with Gasteiger partial charge in [-0.3, -0.25) is 0 Å². The van der Waals surface area contributed by atoms with Gasteiger partial charge < -0.3 is 5.32 Å². The van der Waals surface area contributed by atoms with Crippen LogP contribution < -0.4 is 5.32 Å². The normalized spacial score (nSPS) is 24.2. The van der Waals surface area contributed by atoms with Crippen molar-refractivity contribution >= 4 is 15.9 Å². The molecule has 1 aliphatic carbocycles. The van der Waals surface area contributed by atoms with Gasteiger partial charge in [0.05, 0.1) is 4.47 Å². The van der Waals surface area contributed by atoms with Crippen molar-refractivity contribution in [1.82, 2.24) is 5.32 Å². The maximum Gasteiger partial charge on any atom is 0.137 e. The molecule has 2 rings (SSSR count). The van der Waals surface area contributed by atoms with Gasteiger partial charge in [-0.2, -0.15) is 0 Å². The van der Waals surface area contributed by atoms with Crippen molar-refractivity contribution in [2.24, 2.45) is 5.92 Å². The van der Waals surface area contributed by atoms with E-state index in [0.717, 1.165) is 18.5 Å². The topological polar surface area (TPSA) is 12.0 Å². The Labute approximate surface area is 124 Å². The smallest absolute Gasteiger partial charge is 0.137 e. The van der Waals surface area contributed by atoms with E-state index in [9.17, 15) is 4.39 Å². The second-order valence-electron chi connectivity index (χ2n) is 5.56. The van der Waals surface area contributed by atoms with Gasteiger partial charge in [-0.05, 0) is 59.3 Å². The molecular formula is C16H23BrFN. The van der Waals surface area contributed by atoms with Crippen LogP contribution >= 0.6 is 15.9 Å². The van der Waals surface area contributed by atoms with Crippen LogP contribution in [0, 0.1) is 11.7 Å². The Morgan fingerprint density at radius 2 is 2.11 bits per heavy atom. The van der Waals surface area contributed by atoms with E-state index in [1.54, 1.807) is 0 Å². The fraction of sp³-hybridized carbons (Fsp3) is 0.625. The lowest BCUT2D eigenvalue weighted by Crippen LogP contribution is -2.30.